The summed E-state index contributed by atoms with van der Waals surface area (Å²) in [5.74, 6) is 0.171. The van der Waals surface area contributed by atoms with Gasteiger partial charge < -0.3 is 15.0 Å². The molecule has 0 unspecified atom stereocenters. The van der Waals surface area contributed by atoms with E-state index in [0.717, 1.165) is 31.5 Å². The van der Waals surface area contributed by atoms with Crippen LogP contribution in [-0.2, 0) is 16.1 Å². The molecule has 0 radical (unpaired) electrons. The van der Waals surface area contributed by atoms with E-state index in [1.165, 1.54) is 0 Å². The van der Waals surface area contributed by atoms with Crippen LogP contribution in [0.5, 0.6) is 0 Å². The van der Waals surface area contributed by atoms with Gasteiger partial charge in [-0.15, -0.1) is 0 Å². The van der Waals surface area contributed by atoms with Crippen LogP contribution in [-0.4, -0.2) is 49.6 Å². The molecule has 5 heteroatoms. The lowest BCUT2D eigenvalue weighted by Crippen LogP contribution is -2.50. The van der Waals surface area contributed by atoms with E-state index in [0.29, 0.717) is 13.2 Å². The van der Waals surface area contributed by atoms with Gasteiger partial charge in [0.05, 0.1) is 12.0 Å². The average Bonchev–Trinajstić information content (AvgIpc) is 2.48. The van der Waals surface area contributed by atoms with Gasteiger partial charge in [0.15, 0.2) is 0 Å². The topological polar surface area (TPSA) is 54.5 Å². The molecule has 0 aliphatic carbocycles. The summed E-state index contributed by atoms with van der Waals surface area (Å²) < 4.78 is 5.32. The molecule has 0 atom stereocenters. The molecular formula is C15H23N3O2. The molecule has 1 fully saturated rings. The van der Waals surface area contributed by atoms with E-state index in [2.05, 4.69) is 10.3 Å². The molecular weight excluding hydrogens is 254 g/mol. The Morgan fingerprint density at radius 3 is 2.85 bits per heavy atom. The smallest absolute Gasteiger partial charge is 0.231 e. The molecule has 2 heterocycles. The average molecular weight is 277 g/mol. The number of hydrogen-bond acceptors (Lipinski definition) is 4. The van der Waals surface area contributed by atoms with Crippen molar-refractivity contribution in [1.29, 1.82) is 0 Å². The molecule has 0 saturated carbocycles. The molecule has 20 heavy (non-hydrogen) atoms. The predicted molar refractivity (Wildman–Crippen MR) is 77.1 cm³/mol. The maximum atomic E-state index is 12.8. The van der Waals surface area contributed by atoms with E-state index in [9.17, 15) is 4.79 Å². The molecule has 110 valence electrons. The van der Waals surface area contributed by atoms with E-state index >= 15 is 0 Å². The molecule has 2 rings (SSSR count). The third kappa shape index (κ3) is 3.35. The molecule has 0 bridgehead atoms. The first-order valence-corrected chi connectivity index (χ1v) is 7.02. The maximum absolute atomic E-state index is 12.8. The van der Waals surface area contributed by atoms with Crippen molar-refractivity contribution < 1.29 is 9.53 Å². The highest BCUT2D eigenvalue weighted by Gasteiger charge is 2.41. The summed E-state index contributed by atoms with van der Waals surface area (Å²) in [5, 5.41) is 3.31. The van der Waals surface area contributed by atoms with Crippen LogP contribution in [0.3, 0.4) is 0 Å². The van der Waals surface area contributed by atoms with Crippen molar-refractivity contribution in [3.63, 3.8) is 0 Å². The van der Waals surface area contributed by atoms with Gasteiger partial charge in [0.2, 0.25) is 5.91 Å². The summed E-state index contributed by atoms with van der Waals surface area (Å²) in [5.41, 5.74) is 0.668. The van der Waals surface area contributed by atoms with Crippen molar-refractivity contribution >= 4 is 5.91 Å². The second-order valence-corrected chi connectivity index (χ2v) is 5.49. The molecule has 1 aliphatic heterocycles. The lowest BCUT2D eigenvalue weighted by Gasteiger charge is -2.38. The third-order valence-corrected chi connectivity index (χ3v) is 3.92. The van der Waals surface area contributed by atoms with Crippen molar-refractivity contribution in [3.05, 3.63) is 30.1 Å². The number of pyridine rings is 1. The van der Waals surface area contributed by atoms with Crippen LogP contribution in [0.1, 0.15) is 18.4 Å². The van der Waals surface area contributed by atoms with Crippen LogP contribution in [0.4, 0.5) is 0 Å². The van der Waals surface area contributed by atoms with Gasteiger partial charge >= 0.3 is 0 Å². The zero-order valence-electron chi connectivity index (χ0n) is 12.3. The van der Waals surface area contributed by atoms with Crippen molar-refractivity contribution in [2.75, 3.05) is 33.9 Å². The Morgan fingerprint density at radius 2 is 2.25 bits per heavy atom. The number of aromatic nitrogens is 1. The second-order valence-electron chi connectivity index (χ2n) is 5.49. The second kappa shape index (κ2) is 6.81. The minimum atomic E-state index is -0.378. The molecule has 1 N–H and O–H groups in total. The number of carbonyl (C=O) groups is 1. The Labute approximate surface area is 120 Å². The standard InChI is InChI=1S/C15H23N3O2/c1-18(11-13-4-3-7-17-10-13)14(19)15(12-20-2)5-8-16-9-6-15/h3-4,7,10,16H,5-6,8-9,11-12H2,1-2H3. The number of nitrogens with one attached hydrogen (secondary N) is 1. The van der Waals surface area contributed by atoms with E-state index in [4.69, 9.17) is 4.74 Å². The number of amides is 1. The molecule has 1 aromatic rings. The third-order valence-electron chi connectivity index (χ3n) is 3.92. The van der Waals surface area contributed by atoms with E-state index in [-0.39, 0.29) is 11.3 Å². The summed E-state index contributed by atoms with van der Waals surface area (Å²) in [7, 11) is 3.52. The first-order chi connectivity index (χ1) is 9.68. The van der Waals surface area contributed by atoms with Crippen molar-refractivity contribution in [3.8, 4) is 0 Å². The number of piperidine rings is 1. The largest absolute Gasteiger partial charge is 0.384 e. The maximum Gasteiger partial charge on any atom is 0.231 e. The molecule has 1 saturated heterocycles. The Bertz CT molecular complexity index is 424. The normalized spacial score (nSPS) is 17.7. The van der Waals surface area contributed by atoms with Gasteiger partial charge in [-0.25, -0.2) is 0 Å². The Morgan fingerprint density at radius 1 is 1.50 bits per heavy atom. The van der Waals surface area contributed by atoms with Crippen LogP contribution in [0.15, 0.2) is 24.5 Å². The molecule has 1 aliphatic rings. The highest BCUT2D eigenvalue weighted by Crippen LogP contribution is 2.31. The van der Waals surface area contributed by atoms with Gasteiger partial charge in [-0.1, -0.05) is 6.07 Å². The molecule has 5 nitrogen and oxygen atoms in total. The molecule has 1 aromatic heterocycles. The number of ether oxygens (including phenoxy) is 1. The number of nitrogens with zero attached hydrogens (tertiary/aromatic N) is 2. The van der Waals surface area contributed by atoms with Crippen LogP contribution in [0.25, 0.3) is 0 Å². The van der Waals surface area contributed by atoms with Crippen LogP contribution >= 0.6 is 0 Å². The Balaban J connectivity index is 2.06. The lowest BCUT2D eigenvalue weighted by atomic mass is 9.78. The van der Waals surface area contributed by atoms with Gasteiger partial charge in [0.1, 0.15) is 0 Å². The highest BCUT2D eigenvalue weighted by atomic mass is 16.5. The zero-order chi connectivity index (χ0) is 14.4. The summed E-state index contributed by atoms with van der Waals surface area (Å²) >= 11 is 0. The predicted octanol–water partition coefficient (Wildman–Crippen LogP) is 1.06. The van der Waals surface area contributed by atoms with E-state index in [1.54, 1.807) is 24.4 Å². The minimum absolute atomic E-state index is 0.171. The zero-order valence-corrected chi connectivity index (χ0v) is 12.3. The van der Waals surface area contributed by atoms with Gasteiger partial charge in [-0.2, -0.15) is 0 Å². The lowest BCUT2D eigenvalue weighted by molar-refractivity contribution is -0.146. The fraction of sp³-hybridized carbons (Fsp3) is 0.600. The monoisotopic (exact) mass is 277 g/mol. The minimum Gasteiger partial charge on any atom is -0.384 e. The van der Waals surface area contributed by atoms with Crippen molar-refractivity contribution in [2.45, 2.75) is 19.4 Å². The van der Waals surface area contributed by atoms with Crippen molar-refractivity contribution in [1.82, 2.24) is 15.2 Å². The fourth-order valence-electron chi connectivity index (χ4n) is 2.84. The van der Waals surface area contributed by atoms with E-state index in [1.807, 2.05) is 19.2 Å². The summed E-state index contributed by atoms with van der Waals surface area (Å²) in [6, 6.07) is 3.88. The summed E-state index contributed by atoms with van der Waals surface area (Å²) in [6.45, 7) is 2.82. The Hall–Kier alpha value is -1.46. The molecule has 0 aromatic carbocycles. The summed E-state index contributed by atoms with van der Waals surface area (Å²) in [6.07, 6.45) is 5.20. The summed E-state index contributed by atoms with van der Waals surface area (Å²) in [4.78, 5) is 18.7. The van der Waals surface area contributed by atoms with Gasteiger partial charge in [-0.3, -0.25) is 9.78 Å². The highest BCUT2D eigenvalue weighted by molar-refractivity contribution is 5.82. The number of carbonyl (C=O) groups excluding carboxylic acids is 1. The van der Waals surface area contributed by atoms with E-state index < -0.39 is 0 Å². The van der Waals surface area contributed by atoms with Gasteiger partial charge in [0, 0.05) is 33.1 Å². The van der Waals surface area contributed by atoms with Crippen molar-refractivity contribution in [2.24, 2.45) is 5.41 Å². The first-order valence-electron chi connectivity index (χ1n) is 7.02. The quantitative estimate of drug-likeness (QED) is 0.874. The number of methoxy groups -OCH3 is 1. The van der Waals surface area contributed by atoms with Crippen LogP contribution in [0.2, 0.25) is 0 Å². The first kappa shape index (κ1) is 14.9. The SMILES string of the molecule is COCC1(C(=O)N(C)Cc2cccnc2)CCNCC1. The fourth-order valence-corrected chi connectivity index (χ4v) is 2.84. The number of hydrogen-bond donors (Lipinski definition) is 1. The number of rotatable bonds is 5. The van der Waals surface area contributed by atoms with Gasteiger partial charge in [0.25, 0.3) is 0 Å². The van der Waals surface area contributed by atoms with Crippen LogP contribution in [0, 0.1) is 5.41 Å². The molecule has 1 amide bonds. The Kier molecular flexibility index (Phi) is 5.09. The van der Waals surface area contributed by atoms with Crippen LogP contribution < -0.4 is 5.32 Å². The van der Waals surface area contributed by atoms with Gasteiger partial charge in [-0.05, 0) is 37.6 Å². The molecule has 0 spiro atoms.